The number of hydrogen-bond donors (Lipinski definition) is 0. The van der Waals surface area contributed by atoms with Crippen LogP contribution in [0.1, 0.15) is 11.5 Å². The Kier molecular flexibility index (Phi) is 3.74. The summed E-state index contributed by atoms with van der Waals surface area (Å²) in [6.45, 7) is 1.77. The van der Waals surface area contributed by atoms with Gasteiger partial charge < -0.3 is 9.26 Å². The molecule has 0 aliphatic heterocycles. The van der Waals surface area contributed by atoms with Crippen LogP contribution in [0.5, 0.6) is 0 Å². The van der Waals surface area contributed by atoms with Gasteiger partial charge in [-0.05, 0) is 12.5 Å². The molecule has 0 saturated heterocycles. The number of nitro benzene ring substituents is 1. The third-order valence-electron chi connectivity index (χ3n) is 2.66. The number of esters is 1. The molecule has 2 aromatic rings. The standard InChI is InChI=1S/C12H11N3O5/c1-7-3-4-8(15(17)18)5-9(7)12-13-10(20-14-12)6-11(16)19-2/h3-5H,6H2,1-2H3. The van der Waals surface area contributed by atoms with Gasteiger partial charge in [0.1, 0.15) is 6.42 Å². The van der Waals surface area contributed by atoms with Gasteiger partial charge in [0, 0.05) is 17.7 Å². The Hall–Kier alpha value is -2.77. The fraction of sp³-hybridized carbons (Fsp3) is 0.250. The van der Waals surface area contributed by atoms with E-state index in [0.29, 0.717) is 5.56 Å². The maximum Gasteiger partial charge on any atom is 0.315 e. The molecule has 8 nitrogen and oxygen atoms in total. The van der Waals surface area contributed by atoms with Gasteiger partial charge in [-0.2, -0.15) is 4.98 Å². The molecule has 0 amide bonds. The zero-order valence-electron chi connectivity index (χ0n) is 10.8. The van der Waals surface area contributed by atoms with Gasteiger partial charge in [-0.25, -0.2) is 0 Å². The molecule has 0 atom stereocenters. The van der Waals surface area contributed by atoms with Crippen molar-refractivity contribution in [2.75, 3.05) is 7.11 Å². The number of aromatic nitrogens is 2. The first-order valence-corrected chi connectivity index (χ1v) is 5.66. The van der Waals surface area contributed by atoms with E-state index in [-0.39, 0.29) is 23.8 Å². The van der Waals surface area contributed by atoms with Gasteiger partial charge in [-0.15, -0.1) is 0 Å². The minimum Gasteiger partial charge on any atom is -0.469 e. The lowest BCUT2D eigenvalue weighted by atomic mass is 10.1. The number of aryl methyl sites for hydroxylation is 1. The van der Waals surface area contributed by atoms with Crippen molar-refractivity contribution >= 4 is 11.7 Å². The number of hydrogen-bond acceptors (Lipinski definition) is 7. The molecule has 0 N–H and O–H groups in total. The van der Waals surface area contributed by atoms with Crippen LogP contribution in [0.15, 0.2) is 22.7 Å². The highest BCUT2D eigenvalue weighted by Crippen LogP contribution is 2.25. The summed E-state index contributed by atoms with van der Waals surface area (Å²) in [6.07, 6.45) is -0.141. The number of nitro groups is 1. The SMILES string of the molecule is COC(=O)Cc1nc(-c2cc([N+](=O)[O-])ccc2C)no1. The molecule has 0 fully saturated rings. The van der Waals surface area contributed by atoms with Crippen molar-refractivity contribution in [3.05, 3.63) is 39.8 Å². The Labute approximate surface area is 113 Å². The Balaban J connectivity index is 2.34. The van der Waals surface area contributed by atoms with Crippen LogP contribution in [-0.2, 0) is 16.0 Å². The summed E-state index contributed by atoms with van der Waals surface area (Å²) in [6, 6.07) is 4.36. The van der Waals surface area contributed by atoms with E-state index in [0.717, 1.165) is 5.56 Å². The number of rotatable bonds is 4. The molecule has 0 aliphatic rings. The lowest BCUT2D eigenvalue weighted by Crippen LogP contribution is -2.04. The third-order valence-corrected chi connectivity index (χ3v) is 2.66. The molecule has 0 radical (unpaired) electrons. The quantitative estimate of drug-likeness (QED) is 0.475. The Morgan fingerprint density at radius 1 is 1.50 bits per heavy atom. The summed E-state index contributed by atoms with van der Waals surface area (Å²) in [5.74, 6) is -0.209. The van der Waals surface area contributed by atoms with E-state index in [1.165, 1.54) is 19.2 Å². The van der Waals surface area contributed by atoms with E-state index in [4.69, 9.17) is 4.52 Å². The monoisotopic (exact) mass is 277 g/mol. The molecule has 0 unspecified atom stereocenters. The predicted molar refractivity (Wildman–Crippen MR) is 66.8 cm³/mol. The van der Waals surface area contributed by atoms with Gasteiger partial charge in [0.05, 0.1) is 12.0 Å². The van der Waals surface area contributed by atoms with Gasteiger partial charge in [0.15, 0.2) is 0 Å². The van der Waals surface area contributed by atoms with Gasteiger partial charge in [0.25, 0.3) is 5.69 Å². The zero-order chi connectivity index (χ0) is 14.7. The topological polar surface area (TPSA) is 108 Å². The van der Waals surface area contributed by atoms with E-state index < -0.39 is 10.9 Å². The molecule has 1 heterocycles. The number of carbonyl (C=O) groups excluding carboxylic acids is 1. The number of non-ortho nitro benzene ring substituents is 1. The summed E-state index contributed by atoms with van der Waals surface area (Å²) in [4.78, 5) is 25.4. The molecule has 104 valence electrons. The van der Waals surface area contributed by atoms with Crippen LogP contribution in [0.4, 0.5) is 5.69 Å². The van der Waals surface area contributed by atoms with E-state index in [2.05, 4.69) is 14.9 Å². The van der Waals surface area contributed by atoms with E-state index in [9.17, 15) is 14.9 Å². The van der Waals surface area contributed by atoms with Gasteiger partial charge in [-0.1, -0.05) is 11.2 Å². The number of ether oxygens (including phenoxy) is 1. The number of benzene rings is 1. The second-order valence-corrected chi connectivity index (χ2v) is 4.02. The largest absolute Gasteiger partial charge is 0.469 e. The maximum absolute atomic E-state index is 11.1. The van der Waals surface area contributed by atoms with E-state index in [1.54, 1.807) is 13.0 Å². The first kappa shape index (κ1) is 13.7. The Morgan fingerprint density at radius 3 is 2.90 bits per heavy atom. The molecule has 0 saturated carbocycles. The van der Waals surface area contributed by atoms with Crippen LogP contribution in [0.3, 0.4) is 0 Å². The van der Waals surface area contributed by atoms with Crippen LogP contribution in [0.2, 0.25) is 0 Å². The summed E-state index contributed by atoms with van der Waals surface area (Å²) >= 11 is 0. The first-order chi connectivity index (χ1) is 9.51. The molecule has 0 aliphatic carbocycles. The van der Waals surface area contributed by atoms with Crippen LogP contribution < -0.4 is 0 Å². The molecule has 0 bridgehead atoms. The summed E-state index contributed by atoms with van der Waals surface area (Å²) < 4.78 is 9.40. The lowest BCUT2D eigenvalue weighted by Gasteiger charge is -2.00. The first-order valence-electron chi connectivity index (χ1n) is 5.66. The minimum absolute atomic E-state index is 0.0649. The van der Waals surface area contributed by atoms with Gasteiger partial charge >= 0.3 is 5.97 Å². The zero-order valence-corrected chi connectivity index (χ0v) is 10.8. The van der Waals surface area contributed by atoms with Gasteiger partial charge in [-0.3, -0.25) is 14.9 Å². The van der Waals surface area contributed by atoms with Crippen LogP contribution in [-0.4, -0.2) is 28.1 Å². The molecule has 20 heavy (non-hydrogen) atoms. The summed E-state index contributed by atoms with van der Waals surface area (Å²) in [5.41, 5.74) is 1.19. The highest BCUT2D eigenvalue weighted by Gasteiger charge is 2.16. The van der Waals surface area contributed by atoms with Crippen molar-refractivity contribution in [2.24, 2.45) is 0 Å². The van der Waals surface area contributed by atoms with Gasteiger partial charge in [0.2, 0.25) is 11.7 Å². The van der Waals surface area contributed by atoms with E-state index >= 15 is 0 Å². The molecule has 1 aromatic carbocycles. The highest BCUT2D eigenvalue weighted by molar-refractivity contribution is 5.71. The Bertz CT molecular complexity index is 665. The van der Waals surface area contributed by atoms with Crippen molar-refractivity contribution in [2.45, 2.75) is 13.3 Å². The molecular weight excluding hydrogens is 266 g/mol. The van der Waals surface area contributed by atoms with Crippen LogP contribution in [0, 0.1) is 17.0 Å². The lowest BCUT2D eigenvalue weighted by molar-refractivity contribution is -0.384. The predicted octanol–water partition coefficient (Wildman–Crippen LogP) is 1.67. The summed E-state index contributed by atoms with van der Waals surface area (Å²) in [7, 11) is 1.25. The number of carbonyl (C=O) groups is 1. The fourth-order valence-corrected chi connectivity index (χ4v) is 1.60. The van der Waals surface area contributed by atoms with Crippen molar-refractivity contribution in [1.82, 2.24) is 10.1 Å². The molecule has 1 aromatic heterocycles. The molecular formula is C12H11N3O5. The average molecular weight is 277 g/mol. The fourth-order valence-electron chi connectivity index (χ4n) is 1.60. The van der Waals surface area contributed by atoms with E-state index in [1.807, 2.05) is 0 Å². The Morgan fingerprint density at radius 2 is 2.25 bits per heavy atom. The van der Waals surface area contributed by atoms with Crippen molar-refractivity contribution in [3.63, 3.8) is 0 Å². The van der Waals surface area contributed by atoms with Crippen molar-refractivity contribution in [1.29, 1.82) is 0 Å². The highest BCUT2D eigenvalue weighted by atomic mass is 16.6. The average Bonchev–Trinajstić information content (AvgIpc) is 2.87. The number of methoxy groups -OCH3 is 1. The summed E-state index contributed by atoms with van der Waals surface area (Å²) in [5, 5.41) is 14.5. The van der Waals surface area contributed by atoms with Crippen LogP contribution in [0.25, 0.3) is 11.4 Å². The minimum atomic E-state index is -0.504. The second-order valence-electron chi connectivity index (χ2n) is 4.02. The molecule has 8 heteroatoms. The second kappa shape index (κ2) is 5.47. The third kappa shape index (κ3) is 2.79. The van der Waals surface area contributed by atoms with Crippen molar-refractivity contribution in [3.8, 4) is 11.4 Å². The normalized spacial score (nSPS) is 10.3. The maximum atomic E-state index is 11.1. The smallest absolute Gasteiger partial charge is 0.315 e. The van der Waals surface area contributed by atoms with Crippen LogP contribution >= 0.6 is 0 Å². The number of nitrogens with zero attached hydrogens (tertiary/aromatic N) is 3. The molecule has 0 spiro atoms. The molecule has 2 rings (SSSR count). The van der Waals surface area contributed by atoms with Crippen molar-refractivity contribution < 1.29 is 19.0 Å².